The molecule has 1 aliphatic rings. The number of benzene rings is 1. The molecule has 0 amide bonds. The number of nitrogens with zero attached hydrogens (tertiary/aromatic N) is 2. The average molecular weight is 255 g/mol. The van der Waals surface area contributed by atoms with Crippen molar-refractivity contribution in [2.24, 2.45) is 0 Å². The number of rotatable bonds is 3. The van der Waals surface area contributed by atoms with Crippen molar-refractivity contribution in [3.8, 4) is 11.3 Å². The van der Waals surface area contributed by atoms with Crippen LogP contribution in [0.25, 0.3) is 11.3 Å². The van der Waals surface area contributed by atoms with Crippen LogP contribution in [0.1, 0.15) is 17.2 Å². The SMILES string of the molecule is CNC[C@H]1OCCc2c(-c3ccncn3)cccc21. The molecule has 4 heteroatoms. The summed E-state index contributed by atoms with van der Waals surface area (Å²) >= 11 is 0. The minimum Gasteiger partial charge on any atom is -0.372 e. The van der Waals surface area contributed by atoms with Crippen LogP contribution in [0.2, 0.25) is 0 Å². The first-order valence-corrected chi connectivity index (χ1v) is 6.54. The number of nitrogens with one attached hydrogen (secondary N) is 1. The molecule has 1 aliphatic heterocycles. The van der Waals surface area contributed by atoms with Crippen LogP contribution in [0, 0.1) is 0 Å². The normalized spacial score (nSPS) is 18.1. The zero-order valence-electron chi connectivity index (χ0n) is 11.0. The molecule has 4 nitrogen and oxygen atoms in total. The van der Waals surface area contributed by atoms with Gasteiger partial charge in [-0.2, -0.15) is 0 Å². The quantitative estimate of drug-likeness (QED) is 0.911. The number of ether oxygens (including phenoxy) is 1. The highest BCUT2D eigenvalue weighted by Crippen LogP contribution is 2.33. The summed E-state index contributed by atoms with van der Waals surface area (Å²) in [4.78, 5) is 8.34. The van der Waals surface area contributed by atoms with Crippen LogP contribution in [-0.2, 0) is 11.2 Å². The van der Waals surface area contributed by atoms with Gasteiger partial charge in [0.1, 0.15) is 6.33 Å². The molecule has 0 saturated heterocycles. The third kappa shape index (κ3) is 2.37. The van der Waals surface area contributed by atoms with Crippen LogP contribution in [0.15, 0.2) is 36.8 Å². The van der Waals surface area contributed by atoms with Gasteiger partial charge in [-0.25, -0.2) is 9.97 Å². The van der Waals surface area contributed by atoms with Gasteiger partial charge in [-0.1, -0.05) is 18.2 Å². The van der Waals surface area contributed by atoms with Gasteiger partial charge in [0.15, 0.2) is 0 Å². The van der Waals surface area contributed by atoms with E-state index in [0.29, 0.717) is 0 Å². The van der Waals surface area contributed by atoms with Crippen LogP contribution >= 0.6 is 0 Å². The summed E-state index contributed by atoms with van der Waals surface area (Å²) in [6, 6.07) is 8.32. The van der Waals surface area contributed by atoms with Gasteiger partial charge >= 0.3 is 0 Å². The monoisotopic (exact) mass is 255 g/mol. The van der Waals surface area contributed by atoms with Crippen molar-refractivity contribution in [3.63, 3.8) is 0 Å². The number of fused-ring (bicyclic) bond motifs is 1. The van der Waals surface area contributed by atoms with Gasteiger partial charge in [0, 0.05) is 18.3 Å². The topological polar surface area (TPSA) is 47.0 Å². The maximum absolute atomic E-state index is 5.84. The maximum Gasteiger partial charge on any atom is 0.116 e. The Morgan fingerprint density at radius 2 is 2.32 bits per heavy atom. The lowest BCUT2D eigenvalue weighted by molar-refractivity contribution is 0.0440. The van der Waals surface area contributed by atoms with Gasteiger partial charge in [-0.15, -0.1) is 0 Å². The van der Waals surface area contributed by atoms with E-state index in [2.05, 4.69) is 33.5 Å². The molecule has 2 heterocycles. The first kappa shape index (κ1) is 12.3. The number of likely N-dealkylation sites (N-methyl/N-ethyl adjacent to an activating group) is 1. The molecule has 0 fully saturated rings. The maximum atomic E-state index is 5.84. The number of hydrogen-bond donors (Lipinski definition) is 1. The van der Waals surface area contributed by atoms with E-state index in [1.54, 1.807) is 12.5 Å². The minimum absolute atomic E-state index is 0.135. The largest absolute Gasteiger partial charge is 0.372 e. The summed E-state index contributed by atoms with van der Waals surface area (Å²) in [5.41, 5.74) is 4.81. The Bertz CT molecular complexity index is 557. The first-order chi connectivity index (χ1) is 9.40. The Kier molecular flexibility index (Phi) is 3.53. The van der Waals surface area contributed by atoms with Crippen molar-refractivity contribution >= 4 is 0 Å². The summed E-state index contributed by atoms with van der Waals surface area (Å²) < 4.78 is 5.84. The first-order valence-electron chi connectivity index (χ1n) is 6.54. The Labute approximate surface area is 112 Å². The van der Waals surface area contributed by atoms with E-state index >= 15 is 0 Å². The summed E-state index contributed by atoms with van der Waals surface area (Å²) in [6.07, 6.45) is 4.46. The molecule has 1 N–H and O–H groups in total. The molecule has 1 aromatic carbocycles. The highest BCUT2D eigenvalue weighted by molar-refractivity contribution is 5.65. The predicted octanol–water partition coefficient (Wildman–Crippen LogP) is 1.98. The molecular formula is C15H17N3O. The van der Waals surface area contributed by atoms with Gasteiger partial charge in [-0.05, 0) is 30.7 Å². The second-order valence-corrected chi connectivity index (χ2v) is 4.64. The van der Waals surface area contributed by atoms with E-state index in [-0.39, 0.29) is 6.10 Å². The fourth-order valence-electron chi connectivity index (χ4n) is 2.62. The zero-order chi connectivity index (χ0) is 13.1. The van der Waals surface area contributed by atoms with Gasteiger partial charge < -0.3 is 10.1 Å². The molecule has 0 unspecified atom stereocenters. The predicted molar refractivity (Wildman–Crippen MR) is 73.8 cm³/mol. The fraction of sp³-hybridized carbons (Fsp3) is 0.333. The van der Waals surface area contributed by atoms with Crippen LogP contribution in [0.3, 0.4) is 0 Å². The van der Waals surface area contributed by atoms with Crippen molar-refractivity contribution < 1.29 is 4.74 Å². The highest BCUT2D eigenvalue weighted by Gasteiger charge is 2.22. The zero-order valence-corrected chi connectivity index (χ0v) is 11.0. The highest BCUT2D eigenvalue weighted by atomic mass is 16.5. The third-order valence-corrected chi connectivity index (χ3v) is 3.48. The Morgan fingerprint density at radius 1 is 1.37 bits per heavy atom. The van der Waals surface area contributed by atoms with Crippen LogP contribution in [-0.4, -0.2) is 30.2 Å². The smallest absolute Gasteiger partial charge is 0.116 e. The molecule has 98 valence electrons. The summed E-state index contributed by atoms with van der Waals surface area (Å²) in [5, 5.41) is 3.19. The second kappa shape index (κ2) is 5.47. The van der Waals surface area contributed by atoms with Crippen molar-refractivity contribution in [3.05, 3.63) is 47.9 Å². The molecule has 2 aromatic rings. The van der Waals surface area contributed by atoms with Crippen molar-refractivity contribution in [2.45, 2.75) is 12.5 Å². The molecule has 1 atom stereocenters. The van der Waals surface area contributed by atoms with E-state index in [9.17, 15) is 0 Å². The van der Waals surface area contributed by atoms with E-state index in [1.807, 2.05) is 13.1 Å². The second-order valence-electron chi connectivity index (χ2n) is 4.64. The lowest BCUT2D eigenvalue weighted by Gasteiger charge is -2.27. The Morgan fingerprint density at radius 3 is 3.11 bits per heavy atom. The molecule has 0 radical (unpaired) electrons. The summed E-state index contributed by atoms with van der Waals surface area (Å²) in [6.45, 7) is 1.60. The van der Waals surface area contributed by atoms with Crippen molar-refractivity contribution in [1.29, 1.82) is 0 Å². The molecule has 19 heavy (non-hydrogen) atoms. The third-order valence-electron chi connectivity index (χ3n) is 3.48. The molecule has 0 bridgehead atoms. The fourth-order valence-corrected chi connectivity index (χ4v) is 2.62. The van der Waals surface area contributed by atoms with Gasteiger partial charge in [0.2, 0.25) is 0 Å². The van der Waals surface area contributed by atoms with Crippen LogP contribution in [0.4, 0.5) is 0 Å². The Balaban J connectivity index is 2.06. The summed E-state index contributed by atoms with van der Waals surface area (Å²) in [7, 11) is 1.95. The van der Waals surface area contributed by atoms with Crippen LogP contribution < -0.4 is 5.32 Å². The van der Waals surface area contributed by atoms with Crippen molar-refractivity contribution in [1.82, 2.24) is 15.3 Å². The van der Waals surface area contributed by atoms with E-state index in [0.717, 1.165) is 25.3 Å². The minimum atomic E-state index is 0.135. The molecule has 0 spiro atoms. The van der Waals surface area contributed by atoms with Gasteiger partial charge in [-0.3, -0.25) is 0 Å². The van der Waals surface area contributed by atoms with E-state index < -0.39 is 0 Å². The van der Waals surface area contributed by atoms with Gasteiger partial charge in [0.25, 0.3) is 0 Å². The lowest BCUT2D eigenvalue weighted by atomic mass is 9.91. The van der Waals surface area contributed by atoms with Crippen molar-refractivity contribution in [2.75, 3.05) is 20.2 Å². The molecule has 0 aliphatic carbocycles. The average Bonchev–Trinajstić information content (AvgIpc) is 2.48. The molecule has 1 aromatic heterocycles. The van der Waals surface area contributed by atoms with E-state index in [1.165, 1.54) is 16.7 Å². The van der Waals surface area contributed by atoms with Crippen LogP contribution in [0.5, 0.6) is 0 Å². The molecular weight excluding hydrogens is 238 g/mol. The Hall–Kier alpha value is -1.78. The molecule has 0 saturated carbocycles. The van der Waals surface area contributed by atoms with E-state index in [4.69, 9.17) is 4.74 Å². The summed E-state index contributed by atoms with van der Waals surface area (Å²) in [5.74, 6) is 0. The number of hydrogen-bond acceptors (Lipinski definition) is 4. The number of aromatic nitrogens is 2. The molecule has 3 rings (SSSR count). The van der Waals surface area contributed by atoms with Gasteiger partial charge in [0.05, 0.1) is 18.4 Å². The lowest BCUT2D eigenvalue weighted by Crippen LogP contribution is -2.25. The standard InChI is InChI=1S/C15H17N3O/c1-16-9-15-13-4-2-3-12(11(13)6-8-19-15)14-5-7-17-10-18-14/h2-5,7,10,15-16H,6,8-9H2,1H3/t15-/m1/s1.